The minimum atomic E-state index is 0.147. The van der Waals surface area contributed by atoms with E-state index in [9.17, 15) is 4.79 Å². The van der Waals surface area contributed by atoms with Crippen LogP contribution in [0.2, 0.25) is 0 Å². The van der Waals surface area contributed by atoms with Crippen LogP contribution in [-0.2, 0) is 14.3 Å². The van der Waals surface area contributed by atoms with Crippen molar-refractivity contribution in [3.63, 3.8) is 0 Å². The van der Waals surface area contributed by atoms with Crippen LogP contribution in [0, 0.1) is 5.92 Å². The zero-order valence-electron chi connectivity index (χ0n) is 10.2. The lowest BCUT2D eigenvalue weighted by atomic mass is 9.99. The molecule has 0 radical (unpaired) electrons. The molecule has 98 valence electrons. The highest BCUT2D eigenvalue weighted by Crippen LogP contribution is 2.14. The number of nitrogens with one attached hydrogen (secondary N) is 2. The predicted octanol–water partition coefficient (Wildman–Crippen LogP) is -0.0923. The fourth-order valence-electron chi connectivity index (χ4n) is 2.27. The second-order valence-corrected chi connectivity index (χ2v) is 4.66. The van der Waals surface area contributed by atoms with Crippen LogP contribution in [0.4, 0.5) is 0 Å². The van der Waals surface area contributed by atoms with Gasteiger partial charge < -0.3 is 20.1 Å². The first-order valence-electron chi connectivity index (χ1n) is 6.54. The fraction of sp³-hybridized carbons (Fsp3) is 0.917. The molecule has 0 saturated carbocycles. The van der Waals surface area contributed by atoms with E-state index in [1.807, 2.05) is 0 Å². The third-order valence-electron chi connectivity index (χ3n) is 3.36. The van der Waals surface area contributed by atoms with Gasteiger partial charge in [-0.25, -0.2) is 0 Å². The maximum atomic E-state index is 11.8. The van der Waals surface area contributed by atoms with E-state index in [-0.39, 0.29) is 17.9 Å². The molecule has 1 atom stereocenters. The number of morpholine rings is 1. The van der Waals surface area contributed by atoms with Crippen molar-refractivity contribution in [1.82, 2.24) is 10.6 Å². The average Bonchev–Trinajstić information content (AvgIpc) is 2.41. The Morgan fingerprint density at radius 3 is 2.82 bits per heavy atom. The summed E-state index contributed by atoms with van der Waals surface area (Å²) in [6.45, 7) is 4.75. The molecule has 0 aromatic rings. The van der Waals surface area contributed by atoms with Crippen LogP contribution in [0.5, 0.6) is 0 Å². The zero-order chi connectivity index (χ0) is 11.9. The molecule has 2 aliphatic rings. The van der Waals surface area contributed by atoms with Crippen molar-refractivity contribution in [3.8, 4) is 0 Å². The Balaban J connectivity index is 1.58. The molecule has 5 nitrogen and oxygen atoms in total. The van der Waals surface area contributed by atoms with Crippen LogP contribution in [0.15, 0.2) is 0 Å². The largest absolute Gasteiger partial charge is 0.381 e. The van der Waals surface area contributed by atoms with Gasteiger partial charge in [0.25, 0.3) is 0 Å². The number of hydrogen-bond acceptors (Lipinski definition) is 4. The summed E-state index contributed by atoms with van der Waals surface area (Å²) in [4.78, 5) is 11.8. The molecular weight excluding hydrogens is 220 g/mol. The third-order valence-corrected chi connectivity index (χ3v) is 3.36. The van der Waals surface area contributed by atoms with Gasteiger partial charge in [-0.1, -0.05) is 0 Å². The number of carbonyl (C=O) groups is 1. The van der Waals surface area contributed by atoms with Gasteiger partial charge in [0.1, 0.15) is 0 Å². The Morgan fingerprint density at radius 1 is 1.29 bits per heavy atom. The summed E-state index contributed by atoms with van der Waals surface area (Å²) in [5.41, 5.74) is 0. The first-order chi connectivity index (χ1) is 8.36. The Kier molecular flexibility index (Phi) is 5.22. The van der Waals surface area contributed by atoms with Crippen molar-refractivity contribution < 1.29 is 14.3 Å². The van der Waals surface area contributed by atoms with Gasteiger partial charge >= 0.3 is 0 Å². The number of amides is 1. The first-order valence-corrected chi connectivity index (χ1v) is 6.54. The fourth-order valence-corrected chi connectivity index (χ4v) is 2.27. The summed E-state index contributed by atoms with van der Waals surface area (Å²) < 4.78 is 10.8. The van der Waals surface area contributed by atoms with Crippen molar-refractivity contribution in [2.24, 2.45) is 5.92 Å². The van der Waals surface area contributed by atoms with Crippen molar-refractivity contribution in [2.45, 2.75) is 25.4 Å². The standard InChI is InChI=1S/C12H22N2O3/c15-12(10-2-6-16-7-3-10)14-4-1-11-9-13-5-8-17-11/h10-11,13H,1-9H2,(H,14,15). The molecule has 2 fully saturated rings. The highest BCUT2D eigenvalue weighted by Gasteiger charge is 2.21. The first kappa shape index (κ1) is 12.8. The molecule has 2 aliphatic heterocycles. The molecular formula is C12H22N2O3. The molecule has 2 N–H and O–H groups in total. The smallest absolute Gasteiger partial charge is 0.223 e. The van der Waals surface area contributed by atoms with Gasteiger partial charge in [-0.05, 0) is 19.3 Å². The molecule has 0 spiro atoms. The molecule has 0 aromatic carbocycles. The predicted molar refractivity (Wildman–Crippen MR) is 63.8 cm³/mol. The topological polar surface area (TPSA) is 59.6 Å². The van der Waals surface area contributed by atoms with E-state index in [2.05, 4.69) is 10.6 Å². The Labute approximate surface area is 102 Å². The quantitative estimate of drug-likeness (QED) is 0.723. The molecule has 1 unspecified atom stereocenters. The number of hydrogen-bond donors (Lipinski definition) is 2. The van der Waals surface area contributed by atoms with E-state index in [4.69, 9.17) is 9.47 Å². The van der Waals surface area contributed by atoms with Crippen molar-refractivity contribution in [1.29, 1.82) is 0 Å². The minimum Gasteiger partial charge on any atom is -0.381 e. The lowest BCUT2D eigenvalue weighted by molar-refractivity contribution is -0.127. The summed E-state index contributed by atoms with van der Waals surface area (Å²) in [5, 5.41) is 6.28. The molecule has 1 amide bonds. The number of rotatable bonds is 4. The van der Waals surface area contributed by atoms with Gasteiger partial charge in [0, 0.05) is 38.8 Å². The van der Waals surface area contributed by atoms with Crippen molar-refractivity contribution in [2.75, 3.05) is 39.5 Å². The molecule has 0 aromatic heterocycles. The van der Waals surface area contributed by atoms with E-state index in [0.29, 0.717) is 19.8 Å². The third kappa shape index (κ3) is 4.26. The van der Waals surface area contributed by atoms with Crippen LogP contribution in [0.1, 0.15) is 19.3 Å². The highest BCUT2D eigenvalue weighted by atomic mass is 16.5. The van der Waals surface area contributed by atoms with Gasteiger partial charge in [-0.15, -0.1) is 0 Å². The Hall–Kier alpha value is -0.650. The summed E-state index contributed by atoms with van der Waals surface area (Å²) >= 11 is 0. The van der Waals surface area contributed by atoms with Crippen molar-refractivity contribution >= 4 is 5.91 Å². The molecule has 17 heavy (non-hydrogen) atoms. The van der Waals surface area contributed by atoms with Gasteiger partial charge in [0.05, 0.1) is 12.7 Å². The van der Waals surface area contributed by atoms with Crippen LogP contribution >= 0.6 is 0 Å². The molecule has 0 aliphatic carbocycles. The molecule has 0 bridgehead atoms. The van der Waals surface area contributed by atoms with Crippen LogP contribution < -0.4 is 10.6 Å². The van der Waals surface area contributed by atoms with E-state index >= 15 is 0 Å². The van der Waals surface area contributed by atoms with E-state index in [1.165, 1.54) is 0 Å². The summed E-state index contributed by atoms with van der Waals surface area (Å²) in [7, 11) is 0. The highest BCUT2D eigenvalue weighted by molar-refractivity contribution is 5.78. The van der Waals surface area contributed by atoms with Gasteiger partial charge in [-0.3, -0.25) is 4.79 Å². The molecule has 5 heteroatoms. The van der Waals surface area contributed by atoms with Crippen LogP contribution in [-0.4, -0.2) is 51.5 Å². The molecule has 2 rings (SSSR count). The zero-order valence-corrected chi connectivity index (χ0v) is 10.2. The van der Waals surface area contributed by atoms with Crippen molar-refractivity contribution in [3.05, 3.63) is 0 Å². The Morgan fingerprint density at radius 2 is 2.12 bits per heavy atom. The van der Waals surface area contributed by atoms with Crippen LogP contribution in [0.3, 0.4) is 0 Å². The lowest BCUT2D eigenvalue weighted by Gasteiger charge is -2.25. The summed E-state index contributed by atoms with van der Waals surface area (Å²) in [6, 6.07) is 0. The SMILES string of the molecule is O=C(NCCC1CNCCO1)C1CCOCC1. The maximum absolute atomic E-state index is 11.8. The second-order valence-electron chi connectivity index (χ2n) is 4.66. The molecule has 2 heterocycles. The maximum Gasteiger partial charge on any atom is 0.223 e. The van der Waals surface area contributed by atoms with Gasteiger partial charge in [0.2, 0.25) is 5.91 Å². The summed E-state index contributed by atoms with van der Waals surface area (Å²) in [6.07, 6.45) is 2.85. The average molecular weight is 242 g/mol. The second kappa shape index (κ2) is 6.93. The van der Waals surface area contributed by atoms with Gasteiger partial charge in [0.15, 0.2) is 0 Å². The lowest BCUT2D eigenvalue weighted by Crippen LogP contribution is -2.41. The monoisotopic (exact) mass is 242 g/mol. The van der Waals surface area contributed by atoms with E-state index in [0.717, 1.165) is 39.0 Å². The normalized spacial score (nSPS) is 26.7. The Bertz CT molecular complexity index is 236. The van der Waals surface area contributed by atoms with Crippen LogP contribution in [0.25, 0.3) is 0 Å². The summed E-state index contributed by atoms with van der Waals surface area (Å²) in [5.74, 6) is 0.325. The van der Waals surface area contributed by atoms with E-state index in [1.54, 1.807) is 0 Å². The number of carbonyl (C=O) groups excluding carboxylic acids is 1. The number of ether oxygens (including phenoxy) is 2. The molecule has 2 saturated heterocycles. The minimum absolute atomic E-state index is 0.147. The van der Waals surface area contributed by atoms with Gasteiger partial charge in [-0.2, -0.15) is 0 Å². The van der Waals surface area contributed by atoms with E-state index < -0.39 is 0 Å².